The number of methoxy groups -OCH3 is 1. The van der Waals surface area contributed by atoms with Crippen LogP contribution < -0.4 is 10.6 Å². The van der Waals surface area contributed by atoms with E-state index in [1.165, 1.54) is 12.8 Å². The Balaban J connectivity index is 1.67. The molecule has 7 nitrogen and oxygen atoms in total. The number of likely N-dealkylation sites (tertiary alicyclic amines) is 1. The summed E-state index contributed by atoms with van der Waals surface area (Å²) >= 11 is 0. The van der Waals surface area contributed by atoms with E-state index in [0.29, 0.717) is 18.4 Å². The Labute approximate surface area is 151 Å². The molecule has 7 heteroatoms. The van der Waals surface area contributed by atoms with Crippen molar-refractivity contribution in [2.24, 2.45) is 10.9 Å². The van der Waals surface area contributed by atoms with E-state index in [0.717, 1.165) is 50.2 Å². The Kier molecular flexibility index (Phi) is 8.21. The van der Waals surface area contributed by atoms with Crippen LogP contribution >= 0.6 is 0 Å². The third kappa shape index (κ3) is 6.66. The van der Waals surface area contributed by atoms with Crippen LogP contribution in [0.25, 0.3) is 0 Å². The number of ether oxygens (including phenoxy) is 1. The smallest absolute Gasteiger partial charge is 0.191 e. The minimum atomic E-state index is 0.379. The molecule has 0 saturated carbocycles. The maximum absolute atomic E-state index is 5.35. The molecule has 0 spiro atoms. The summed E-state index contributed by atoms with van der Waals surface area (Å²) in [5.41, 5.74) is 0.986. The van der Waals surface area contributed by atoms with Gasteiger partial charge in [0.25, 0.3) is 0 Å². The average Bonchev–Trinajstić information content (AvgIpc) is 3.10. The molecule has 1 aromatic heterocycles. The standard InChI is InChI=1S/C18H33N5O2/c1-14(2)17-11-16(25-22-17)13-21-18(19-3)20-12-15-5-7-23(8-6-15)9-10-24-4/h11,14-15H,5-10,12-13H2,1-4H3,(H2,19,20,21). The maximum Gasteiger partial charge on any atom is 0.191 e. The van der Waals surface area contributed by atoms with Gasteiger partial charge in [-0.3, -0.25) is 4.99 Å². The molecule has 142 valence electrons. The van der Waals surface area contributed by atoms with Crippen LogP contribution in [-0.2, 0) is 11.3 Å². The van der Waals surface area contributed by atoms with Crippen LogP contribution in [0.15, 0.2) is 15.6 Å². The second-order valence-corrected chi connectivity index (χ2v) is 6.96. The molecule has 0 atom stereocenters. The van der Waals surface area contributed by atoms with E-state index < -0.39 is 0 Å². The summed E-state index contributed by atoms with van der Waals surface area (Å²) in [6, 6.07) is 2.00. The number of hydrogen-bond acceptors (Lipinski definition) is 5. The van der Waals surface area contributed by atoms with Crippen molar-refractivity contribution in [2.45, 2.75) is 39.2 Å². The van der Waals surface area contributed by atoms with Crippen LogP contribution in [0.3, 0.4) is 0 Å². The summed E-state index contributed by atoms with van der Waals surface area (Å²) in [7, 11) is 3.56. The lowest BCUT2D eigenvalue weighted by Gasteiger charge is -2.32. The molecule has 0 unspecified atom stereocenters. The van der Waals surface area contributed by atoms with E-state index >= 15 is 0 Å². The lowest BCUT2D eigenvalue weighted by molar-refractivity contribution is 0.121. The van der Waals surface area contributed by atoms with E-state index in [2.05, 4.69) is 39.5 Å². The minimum Gasteiger partial charge on any atom is -0.383 e. The SMILES string of the molecule is CN=C(NCc1cc(C(C)C)no1)NCC1CCN(CCOC)CC1. The first-order valence-electron chi connectivity index (χ1n) is 9.23. The zero-order chi connectivity index (χ0) is 18.1. The van der Waals surface area contributed by atoms with Crippen molar-refractivity contribution in [3.8, 4) is 0 Å². The van der Waals surface area contributed by atoms with Crippen molar-refractivity contribution in [1.82, 2.24) is 20.7 Å². The average molecular weight is 351 g/mol. The van der Waals surface area contributed by atoms with Gasteiger partial charge in [0, 0.05) is 33.3 Å². The highest BCUT2D eigenvalue weighted by atomic mass is 16.5. The fourth-order valence-electron chi connectivity index (χ4n) is 2.95. The van der Waals surface area contributed by atoms with Crippen LogP contribution in [0.4, 0.5) is 0 Å². The van der Waals surface area contributed by atoms with Crippen molar-refractivity contribution < 1.29 is 9.26 Å². The number of nitrogens with zero attached hydrogens (tertiary/aromatic N) is 3. The van der Waals surface area contributed by atoms with Crippen molar-refractivity contribution in [1.29, 1.82) is 0 Å². The molecule has 0 radical (unpaired) electrons. The van der Waals surface area contributed by atoms with Gasteiger partial charge in [-0.2, -0.15) is 0 Å². The first-order chi connectivity index (χ1) is 12.1. The molecule has 1 saturated heterocycles. The Bertz CT molecular complexity index is 521. The number of hydrogen-bond donors (Lipinski definition) is 2. The number of aliphatic imine (C=N–C) groups is 1. The Hall–Kier alpha value is -1.60. The van der Waals surface area contributed by atoms with Crippen LogP contribution in [0.2, 0.25) is 0 Å². The highest BCUT2D eigenvalue weighted by Crippen LogP contribution is 2.16. The molecule has 1 fully saturated rings. The first kappa shape index (κ1) is 19.7. The summed E-state index contributed by atoms with van der Waals surface area (Å²) in [5, 5.41) is 10.8. The van der Waals surface area contributed by atoms with Crippen molar-refractivity contribution >= 4 is 5.96 Å². The molecule has 0 aromatic carbocycles. The number of guanidine groups is 1. The molecule has 0 bridgehead atoms. The van der Waals surface area contributed by atoms with E-state index in [4.69, 9.17) is 9.26 Å². The number of piperidine rings is 1. The van der Waals surface area contributed by atoms with E-state index in [9.17, 15) is 0 Å². The maximum atomic E-state index is 5.35. The summed E-state index contributed by atoms with van der Waals surface area (Å²) < 4.78 is 10.5. The van der Waals surface area contributed by atoms with Gasteiger partial charge >= 0.3 is 0 Å². The van der Waals surface area contributed by atoms with Crippen molar-refractivity contribution in [2.75, 3.05) is 46.9 Å². The Morgan fingerprint density at radius 1 is 1.40 bits per heavy atom. The molecule has 25 heavy (non-hydrogen) atoms. The third-order valence-corrected chi connectivity index (χ3v) is 4.70. The Morgan fingerprint density at radius 2 is 2.16 bits per heavy atom. The third-order valence-electron chi connectivity index (χ3n) is 4.70. The van der Waals surface area contributed by atoms with Crippen LogP contribution in [0.5, 0.6) is 0 Å². The minimum absolute atomic E-state index is 0.379. The van der Waals surface area contributed by atoms with E-state index in [-0.39, 0.29) is 0 Å². The largest absolute Gasteiger partial charge is 0.383 e. The highest BCUT2D eigenvalue weighted by Gasteiger charge is 2.19. The molecule has 2 N–H and O–H groups in total. The Morgan fingerprint density at radius 3 is 2.76 bits per heavy atom. The monoisotopic (exact) mass is 351 g/mol. The number of rotatable bonds is 8. The zero-order valence-electron chi connectivity index (χ0n) is 16.0. The quantitative estimate of drug-likeness (QED) is 0.550. The van der Waals surface area contributed by atoms with Gasteiger partial charge < -0.3 is 24.8 Å². The van der Waals surface area contributed by atoms with Gasteiger partial charge in [0.15, 0.2) is 11.7 Å². The molecular formula is C18H33N5O2. The lowest BCUT2D eigenvalue weighted by atomic mass is 9.97. The molecule has 1 aromatic rings. The lowest BCUT2D eigenvalue weighted by Crippen LogP contribution is -2.43. The molecule has 1 aliphatic heterocycles. The normalized spacial score (nSPS) is 17.2. The zero-order valence-corrected chi connectivity index (χ0v) is 16.0. The van der Waals surface area contributed by atoms with Gasteiger partial charge in [-0.05, 0) is 37.8 Å². The molecule has 2 heterocycles. The van der Waals surface area contributed by atoms with Gasteiger partial charge in [-0.1, -0.05) is 19.0 Å². The number of aromatic nitrogens is 1. The topological polar surface area (TPSA) is 74.9 Å². The van der Waals surface area contributed by atoms with Crippen LogP contribution in [-0.4, -0.2) is 63.0 Å². The van der Waals surface area contributed by atoms with Gasteiger partial charge in [0.1, 0.15) is 0 Å². The molecule has 0 amide bonds. The van der Waals surface area contributed by atoms with Crippen molar-refractivity contribution in [3.05, 3.63) is 17.5 Å². The molecule has 1 aliphatic rings. The second kappa shape index (κ2) is 10.4. The van der Waals surface area contributed by atoms with Gasteiger partial charge in [0.05, 0.1) is 18.8 Å². The van der Waals surface area contributed by atoms with Crippen molar-refractivity contribution in [3.63, 3.8) is 0 Å². The highest BCUT2D eigenvalue weighted by molar-refractivity contribution is 5.79. The predicted octanol–water partition coefficient (Wildman–Crippen LogP) is 1.82. The number of nitrogens with one attached hydrogen (secondary N) is 2. The molecule has 2 rings (SSSR count). The van der Waals surface area contributed by atoms with Gasteiger partial charge in [-0.15, -0.1) is 0 Å². The first-order valence-corrected chi connectivity index (χ1v) is 9.23. The fraction of sp³-hybridized carbons (Fsp3) is 0.778. The second-order valence-electron chi connectivity index (χ2n) is 6.96. The summed E-state index contributed by atoms with van der Waals surface area (Å²) in [6.07, 6.45) is 2.43. The summed E-state index contributed by atoms with van der Waals surface area (Å²) in [5.74, 6) is 2.71. The fourth-order valence-corrected chi connectivity index (χ4v) is 2.95. The van der Waals surface area contributed by atoms with Crippen LogP contribution in [0.1, 0.15) is 44.1 Å². The van der Waals surface area contributed by atoms with E-state index in [1.807, 2.05) is 6.07 Å². The van der Waals surface area contributed by atoms with Gasteiger partial charge in [0.2, 0.25) is 0 Å². The summed E-state index contributed by atoms with van der Waals surface area (Å²) in [6.45, 7) is 9.91. The van der Waals surface area contributed by atoms with E-state index in [1.54, 1.807) is 14.2 Å². The predicted molar refractivity (Wildman–Crippen MR) is 99.8 cm³/mol. The van der Waals surface area contributed by atoms with Crippen LogP contribution in [0, 0.1) is 5.92 Å². The molecule has 0 aliphatic carbocycles. The molecular weight excluding hydrogens is 318 g/mol. The van der Waals surface area contributed by atoms with Gasteiger partial charge in [-0.25, -0.2) is 0 Å². The summed E-state index contributed by atoms with van der Waals surface area (Å²) in [4.78, 5) is 6.77.